The fraction of sp³-hybridized carbons (Fsp3) is 0. The third-order valence-corrected chi connectivity index (χ3v) is 8.15. The number of H-pyrrole nitrogens is 1. The van der Waals surface area contributed by atoms with Gasteiger partial charge in [-0.2, -0.15) is 4.99 Å². The number of nitrogens with one attached hydrogen (secondary N) is 2. The second-order valence-electron chi connectivity index (χ2n) is 10.7. The molecule has 43 heavy (non-hydrogen) atoms. The molecule has 2 N–H and O–H groups in total. The molecule has 7 aromatic carbocycles. The van der Waals surface area contributed by atoms with E-state index in [0.29, 0.717) is 5.62 Å². The van der Waals surface area contributed by atoms with Crippen LogP contribution in [0.25, 0.3) is 65.6 Å². The molecule has 1 aromatic heterocycles. The number of aromatic nitrogens is 2. The van der Waals surface area contributed by atoms with Gasteiger partial charge in [0.15, 0.2) is 5.84 Å². The Labute approximate surface area is 248 Å². The van der Waals surface area contributed by atoms with E-state index in [9.17, 15) is 0 Å². The van der Waals surface area contributed by atoms with Crippen LogP contribution < -0.4 is 5.62 Å². The van der Waals surface area contributed by atoms with Crippen molar-refractivity contribution >= 4 is 49.1 Å². The first-order valence-electron chi connectivity index (χ1n) is 14.3. The summed E-state index contributed by atoms with van der Waals surface area (Å²) in [6, 6.07) is 50.2. The summed E-state index contributed by atoms with van der Waals surface area (Å²) in [5.41, 5.74) is 6.14. The Hall–Kier alpha value is -5.87. The van der Waals surface area contributed by atoms with E-state index in [1.54, 1.807) is 0 Å². The Morgan fingerprint density at radius 2 is 1.02 bits per heavy atom. The number of hydrogen-bond donors (Lipinski definition) is 2. The first kappa shape index (κ1) is 24.9. The number of para-hydroxylation sites is 1. The molecular weight excluding hydrogens is 524 g/mol. The molecular formula is C39H26N4. The van der Waals surface area contributed by atoms with Crippen molar-refractivity contribution in [2.45, 2.75) is 0 Å². The minimum atomic E-state index is 0.153. The summed E-state index contributed by atoms with van der Waals surface area (Å²) in [6.07, 6.45) is 0. The van der Waals surface area contributed by atoms with Crippen molar-refractivity contribution in [1.29, 1.82) is 5.41 Å². The molecule has 0 spiro atoms. The molecule has 0 unspecified atom stereocenters. The van der Waals surface area contributed by atoms with Crippen molar-refractivity contribution in [2.24, 2.45) is 4.99 Å². The fourth-order valence-electron chi connectivity index (χ4n) is 6.06. The molecule has 4 nitrogen and oxygen atoms in total. The highest BCUT2D eigenvalue weighted by atomic mass is 15.0. The highest BCUT2D eigenvalue weighted by Crippen LogP contribution is 2.37. The zero-order valence-electron chi connectivity index (χ0n) is 23.3. The molecule has 0 radical (unpaired) electrons. The van der Waals surface area contributed by atoms with Gasteiger partial charge >= 0.3 is 0 Å². The minimum Gasteiger partial charge on any atom is -0.323 e. The molecule has 8 aromatic rings. The predicted octanol–water partition coefficient (Wildman–Crippen LogP) is 9.28. The van der Waals surface area contributed by atoms with E-state index >= 15 is 0 Å². The highest BCUT2D eigenvalue weighted by molar-refractivity contribution is 6.25. The van der Waals surface area contributed by atoms with E-state index in [1.807, 2.05) is 66.7 Å². The van der Waals surface area contributed by atoms with Gasteiger partial charge in [-0.3, -0.25) is 5.41 Å². The van der Waals surface area contributed by atoms with Crippen molar-refractivity contribution in [2.75, 3.05) is 0 Å². The molecule has 0 saturated carbocycles. The summed E-state index contributed by atoms with van der Waals surface area (Å²) < 4.78 is 0. The quantitative estimate of drug-likeness (QED) is 0.128. The predicted molar refractivity (Wildman–Crippen MR) is 178 cm³/mol. The summed E-state index contributed by atoms with van der Waals surface area (Å²) >= 11 is 0. The van der Waals surface area contributed by atoms with Crippen molar-refractivity contribution in [3.8, 4) is 22.4 Å². The van der Waals surface area contributed by atoms with Gasteiger partial charge in [0.1, 0.15) is 0 Å². The van der Waals surface area contributed by atoms with Crippen LogP contribution in [-0.4, -0.2) is 15.8 Å². The molecule has 1 heterocycles. The summed E-state index contributed by atoms with van der Waals surface area (Å²) in [5, 5.41) is 17.3. The maximum absolute atomic E-state index is 8.77. The lowest BCUT2D eigenvalue weighted by molar-refractivity contribution is 1.05. The number of rotatable bonds is 3. The van der Waals surface area contributed by atoms with Gasteiger partial charge in [0.2, 0.25) is 5.62 Å². The second-order valence-corrected chi connectivity index (χ2v) is 10.7. The second kappa shape index (κ2) is 10.2. The van der Waals surface area contributed by atoms with Gasteiger partial charge in [-0.05, 0) is 55.6 Å². The molecule has 0 saturated heterocycles. The normalized spacial score (nSPS) is 12.0. The van der Waals surface area contributed by atoms with Crippen molar-refractivity contribution in [3.05, 3.63) is 157 Å². The lowest BCUT2D eigenvalue weighted by Gasteiger charge is -2.12. The molecule has 0 atom stereocenters. The lowest BCUT2D eigenvalue weighted by atomic mass is 9.92. The molecule has 8 rings (SSSR count). The molecule has 0 bridgehead atoms. The van der Waals surface area contributed by atoms with Gasteiger partial charge in [-0.15, -0.1) is 0 Å². The van der Waals surface area contributed by atoms with Gasteiger partial charge in [0.25, 0.3) is 0 Å². The number of hydrogen-bond acceptors (Lipinski definition) is 2. The van der Waals surface area contributed by atoms with Crippen LogP contribution in [0.3, 0.4) is 0 Å². The van der Waals surface area contributed by atoms with Crippen molar-refractivity contribution < 1.29 is 0 Å². The van der Waals surface area contributed by atoms with Crippen LogP contribution in [0.15, 0.2) is 151 Å². The average molecular weight is 551 g/mol. The molecule has 0 aliphatic carbocycles. The molecule has 0 fully saturated rings. The summed E-state index contributed by atoms with van der Waals surface area (Å²) in [6.45, 7) is 0. The minimum absolute atomic E-state index is 0.153. The topological polar surface area (TPSA) is 64.9 Å². The maximum Gasteiger partial charge on any atom is 0.229 e. The fourth-order valence-corrected chi connectivity index (χ4v) is 6.06. The zero-order chi connectivity index (χ0) is 28.8. The Balaban J connectivity index is 1.17. The smallest absolute Gasteiger partial charge is 0.229 e. The van der Waals surface area contributed by atoms with Crippen LogP contribution in [0.1, 0.15) is 5.56 Å². The third-order valence-electron chi connectivity index (χ3n) is 8.15. The van der Waals surface area contributed by atoms with Crippen LogP contribution in [0, 0.1) is 5.41 Å². The van der Waals surface area contributed by atoms with E-state index in [2.05, 4.69) is 88.8 Å². The van der Waals surface area contributed by atoms with Gasteiger partial charge in [-0.1, -0.05) is 133 Å². The standard InChI is InChI=1S/C39H26N4/c40-38(43-39-41-36-17-9-8-16-34(36)37(42-39)26-10-2-1-3-11-26)27-20-18-25(19-21-27)28-22-23-33-31-14-5-4-12-29(31)30-13-6-7-15-32(30)35(33)24-28/h1-24H,(H2,40,41,42,43). The molecule has 0 aliphatic heterocycles. The number of aromatic amines is 1. The maximum atomic E-state index is 8.77. The van der Waals surface area contributed by atoms with Gasteiger partial charge in [-0.25, -0.2) is 4.98 Å². The molecule has 202 valence electrons. The van der Waals surface area contributed by atoms with E-state index in [1.165, 1.54) is 32.3 Å². The number of fused-ring (bicyclic) bond motifs is 7. The lowest BCUT2D eigenvalue weighted by Crippen LogP contribution is -2.17. The number of amidine groups is 1. The van der Waals surface area contributed by atoms with Crippen molar-refractivity contribution in [1.82, 2.24) is 9.97 Å². The van der Waals surface area contributed by atoms with E-state index in [4.69, 9.17) is 10.4 Å². The average Bonchev–Trinajstić information content (AvgIpc) is 3.08. The van der Waals surface area contributed by atoms with Crippen LogP contribution in [0.4, 0.5) is 0 Å². The summed E-state index contributed by atoms with van der Waals surface area (Å²) in [5.74, 6) is 0.153. The van der Waals surface area contributed by atoms with Crippen molar-refractivity contribution in [3.63, 3.8) is 0 Å². The Kier molecular flexibility index (Phi) is 5.90. The summed E-state index contributed by atoms with van der Waals surface area (Å²) in [4.78, 5) is 12.7. The van der Waals surface area contributed by atoms with Crippen LogP contribution >= 0.6 is 0 Å². The Morgan fingerprint density at radius 3 is 1.70 bits per heavy atom. The van der Waals surface area contributed by atoms with E-state index in [-0.39, 0.29) is 5.84 Å². The van der Waals surface area contributed by atoms with E-state index < -0.39 is 0 Å². The number of nitrogens with zero attached hydrogens (tertiary/aromatic N) is 2. The SMILES string of the molecule is N=C(/N=c1/nc(-c2ccccc2)c2ccccc2[nH]1)c1ccc(-c2ccc3c4ccccc4c4ccccc4c3c2)cc1. The van der Waals surface area contributed by atoms with Gasteiger partial charge < -0.3 is 4.98 Å². The summed E-state index contributed by atoms with van der Waals surface area (Å²) in [7, 11) is 0. The van der Waals surface area contributed by atoms with Gasteiger partial charge in [0.05, 0.1) is 11.2 Å². The monoisotopic (exact) mass is 550 g/mol. The van der Waals surface area contributed by atoms with Crippen LogP contribution in [0.2, 0.25) is 0 Å². The Bertz CT molecular complexity index is 2370. The first-order chi connectivity index (χ1) is 21.2. The van der Waals surface area contributed by atoms with Crippen LogP contribution in [0.5, 0.6) is 0 Å². The largest absolute Gasteiger partial charge is 0.323 e. The molecule has 0 amide bonds. The highest BCUT2D eigenvalue weighted by Gasteiger charge is 2.11. The molecule has 4 heteroatoms. The molecule has 0 aliphatic rings. The first-order valence-corrected chi connectivity index (χ1v) is 14.3. The third kappa shape index (κ3) is 4.37. The van der Waals surface area contributed by atoms with E-state index in [0.717, 1.165) is 38.9 Å². The zero-order valence-corrected chi connectivity index (χ0v) is 23.3. The Morgan fingerprint density at radius 1 is 0.488 bits per heavy atom. The number of benzene rings is 7. The van der Waals surface area contributed by atoms with Crippen LogP contribution in [-0.2, 0) is 0 Å². The van der Waals surface area contributed by atoms with Gasteiger partial charge in [0, 0.05) is 16.5 Å².